The maximum absolute atomic E-state index is 5.62. The molecule has 0 aromatic carbocycles. The average Bonchev–Trinajstić information content (AvgIpc) is 2.69. The van der Waals surface area contributed by atoms with Crippen LogP contribution >= 0.6 is 0 Å². The lowest BCUT2D eigenvalue weighted by Gasteiger charge is -2.28. The molecule has 0 radical (unpaired) electrons. The highest BCUT2D eigenvalue weighted by molar-refractivity contribution is 5.12. The van der Waals surface area contributed by atoms with Gasteiger partial charge in [-0.2, -0.15) is 5.10 Å². The van der Waals surface area contributed by atoms with Gasteiger partial charge in [0, 0.05) is 32.3 Å². The van der Waals surface area contributed by atoms with E-state index in [1.54, 1.807) is 7.11 Å². The Bertz CT molecular complexity index is 360. The highest BCUT2D eigenvalue weighted by Gasteiger charge is 2.24. The minimum Gasteiger partial charge on any atom is -0.380 e. The molecule has 1 aromatic heterocycles. The number of ether oxygens (including phenoxy) is 1. The summed E-state index contributed by atoms with van der Waals surface area (Å²) >= 11 is 0. The van der Waals surface area contributed by atoms with E-state index in [0.29, 0.717) is 12.0 Å². The molecule has 0 aliphatic rings. The fourth-order valence-corrected chi connectivity index (χ4v) is 2.44. The number of nitrogens with one attached hydrogen (secondary N) is 1. The van der Waals surface area contributed by atoms with E-state index in [0.717, 1.165) is 18.5 Å². The number of likely N-dealkylation sites (N-methyl/N-ethyl adjacent to an activating group) is 1. The summed E-state index contributed by atoms with van der Waals surface area (Å²) in [6, 6.07) is 2.51. The van der Waals surface area contributed by atoms with Gasteiger partial charge in [0.1, 0.15) is 0 Å². The number of methoxy groups -OCH3 is 1. The lowest BCUT2D eigenvalue weighted by molar-refractivity contribution is 0.0349. The topological polar surface area (TPSA) is 39.1 Å². The van der Waals surface area contributed by atoms with Crippen molar-refractivity contribution in [1.82, 2.24) is 15.1 Å². The van der Waals surface area contributed by atoms with Crippen LogP contribution in [0.3, 0.4) is 0 Å². The van der Waals surface area contributed by atoms with Crippen molar-refractivity contribution in [3.05, 3.63) is 17.5 Å². The Kier molecular flexibility index (Phi) is 5.82. The molecule has 1 aromatic rings. The number of nitrogens with zero attached hydrogens (tertiary/aromatic N) is 2. The minimum absolute atomic E-state index is 0.218. The van der Waals surface area contributed by atoms with Crippen LogP contribution < -0.4 is 5.32 Å². The van der Waals surface area contributed by atoms with E-state index in [4.69, 9.17) is 4.74 Å². The molecule has 0 saturated carbocycles. The fraction of sp³-hybridized carbons (Fsp3) is 0.786. The zero-order valence-corrected chi connectivity index (χ0v) is 12.5. The van der Waals surface area contributed by atoms with Crippen molar-refractivity contribution in [3.8, 4) is 0 Å². The van der Waals surface area contributed by atoms with E-state index in [-0.39, 0.29) is 6.10 Å². The summed E-state index contributed by atoms with van der Waals surface area (Å²) in [7, 11) is 5.80. The monoisotopic (exact) mass is 253 g/mol. The van der Waals surface area contributed by atoms with Crippen LogP contribution in [-0.2, 0) is 24.6 Å². The summed E-state index contributed by atoms with van der Waals surface area (Å²) in [6.45, 7) is 6.52. The van der Waals surface area contributed by atoms with Gasteiger partial charge in [0.2, 0.25) is 0 Å². The third-order valence-corrected chi connectivity index (χ3v) is 3.52. The molecule has 2 atom stereocenters. The lowest BCUT2D eigenvalue weighted by atomic mass is 9.95. The maximum Gasteiger partial charge on any atom is 0.0750 e. The Morgan fingerprint density at radius 1 is 1.44 bits per heavy atom. The van der Waals surface area contributed by atoms with Crippen LogP contribution in [-0.4, -0.2) is 36.1 Å². The molecule has 1 rings (SSSR count). The summed E-state index contributed by atoms with van der Waals surface area (Å²) in [5.74, 6) is 0.492. The van der Waals surface area contributed by atoms with Gasteiger partial charge in [-0.15, -0.1) is 0 Å². The summed E-state index contributed by atoms with van der Waals surface area (Å²) < 4.78 is 7.60. The molecular formula is C14H27N3O. The molecule has 0 aliphatic carbocycles. The molecule has 2 unspecified atom stereocenters. The standard InChI is InChI=1S/C14H27N3O/c1-7-11-8-12(17(5)16-11)9-13(15-4)14(18-6)10(2)3/h8,10,13-15H,7,9H2,1-6H3. The highest BCUT2D eigenvalue weighted by atomic mass is 16.5. The van der Waals surface area contributed by atoms with E-state index < -0.39 is 0 Å². The number of hydrogen-bond acceptors (Lipinski definition) is 3. The third kappa shape index (κ3) is 3.56. The molecule has 18 heavy (non-hydrogen) atoms. The molecule has 0 amide bonds. The second-order valence-electron chi connectivity index (χ2n) is 5.15. The summed E-state index contributed by atoms with van der Waals surface area (Å²) in [5, 5.41) is 7.87. The van der Waals surface area contributed by atoms with Crippen LogP contribution in [0.1, 0.15) is 32.2 Å². The van der Waals surface area contributed by atoms with Crippen LogP contribution in [0.5, 0.6) is 0 Å². The summed E-state index contributed by atoms with van der Waals surface area (Å²) in [6.07, 6.45) is 2.14. The number of hydrogen-bond donors (Lipinski definition) is 1. The summed E-state index contributed by atoms with van der Waals surface area (Å²) in [4.78, 5) is 0. The molecule has 4 heteroatoms. The first kappa shape index (κ1) is 15.2. The average molecular weight is 253 g/mol. The maximum atomic E-state index is 5.62. The van der Waals surface area contributed by atoms with Crippen molar-refractivity contribution >= 4 is 0 Å². The van der Waals surface area contributed by atoms with Crippen LogP contribution in [0.15, 0.2) is 6.07 Å². The number of aromatic nitrogens is 2. The van der Waals surface area contributed by atoms with Crippen molar-refractivity contribution in [1.29, 1.82) is 0 Å². The van der Waals surface area contributed by atoms with E-state index in [9.17, 15) is 0 Å². The first-order valence-corrected chi connectivity index (χ1v) is 6.75. The van der Waals surface area contributed by atoms with E-state index in [2.05, 4.69) is 37.3 Å². The first-order chi connectivity index (χ1) is 8.53. The molecule has 0 bridgehead atoms. The molecule has 1 heterocycles. The Morgan fingerprint density at radius 3 is 2.50 bits per heavy atom. The van der Waals surface area contributed by atoms with Crippen LogP contribution in [0.2, 0.25) is 0 Å². The molecule has 1 N–H and O–H groups in total. The van der Waals surface area contributed by atoms with Gasteiger partial charge in [0.25, 0.3) is 0 Å². The highest BCUT2D eigenvalue weighted by Crippen LogP contribution is 2.15. The summed E-state index contributed by atoms with van der Waals surface area (Å²) in [5.41, 5.74) is 2.41. The molecule has 0 aliphatic heterocycles. The largest absolute Gasteiger partial charge is 0.380 e. The molecule has 0 spiro atoms. The van der Waals surface area contributed by atoms with Gasteiger partial charge in [-0.1, -0.05) is 20.8 Å². The number of aryl methyl sites for hydroxylation is 2. The number of rotatable bonds is 7. The van der Waals surface area contributed by atoms with Gasteiger partial charge in [-0.05, 0) is 25.5 Å². The first-order valence-electron chi connectivity index (χ1n) is 6.75. The van der Waals surface area contributed by atoms with Crippen LogP contribution in [0.25, 0.3) is 0 Å². The van der Waals surface area contributed by atoms with Crippen molar-refractivity contribution < 1.29 is 4.74 Å². The van der Waals surface area contributed by atoms with Gasteiger partial charge >= 0.3 is 0 Å². The molecule has 0 fully saturated rings. The predicted octanol–water partition coefficient (Wildman–Crippen LogP) is 1.78. The Balaban J connectivity index is 2.81. The van der Waals surface area contributed by atoms with Crippen molar-refractivity contribution in [2.45, 2.75) is 45.8 Å². The quantitative estimate of drug-likeness (QED) is 0.805. The second kappa shape index (κ2) is 6.90. The van der Waals surface area contributed by atoms with Gasteiger partial charge < -0.3 is 10.1 Å². The Morgan fingerprint density at radius 2 is 2.11 bits per heavy atom. The normalized spacial score (nSPS) is 15.1. The van der Waals surface area contributed by atoms with Crippen LogP contribution in [0.4, 0.5) is 0 Å². The predicted molar refractivity (Wildman–Crippen MR) is 74.8 cm³/mol. The zero-order chi connectivity index (χ0) is 13.7. The minimum atomic E-state index is 0.218. The third-order valence-electron chi connectivity index (χ3n) is 3.52. The van der Waals surface area contributed by atoms with Crippen molar-refractivity contribution in [2.75, 3.05) is 14.2 Å². The molecule has 4 nitrogen and oxygen atoms in total. The molecule has 0 saturated heterocycles. The van der Waals surface area contributed by atoms with Gasteiger partial charge in [0.05, 0.1) is 11.8 Å². The van der Waals surface area contributed by atoms with Gasteiger partial charge in [0.15, 0.2) is 0 Å². The van der Waals surface area contributed by atoms with Crippen molar-refractivity contribution in [2.24, 2.45) is 13.0 Å². The lowest BCUT2D eigenvalue weighted by Crippen LogP contribution is -2.43. The Labute approximate surface area is 111 Å². The van der Waals surface area contributed by atoms with Gasteiger partial charge in [-0.25, -0.2) is 0 Å². The Hall–Kier alpha value is -0.870. The second-order valence-corrected chi connectivity index (χ2v) is 5.15. The van der Waals surface area contributed by atoms with E-state index in [1.165, 1.54) is 5.69 Å². The smallest absolute Gasteiger partial charge is 0.0750 e. The van der Waals surface area contributed by atoms with Crippen LogP contribution in [0, 0.1) is 5.92 Å². The SMILES string of the molecule is CCc1cc(CC(NC)C(OC)C(C)C)n(C)n1. The fourth-order valence-electron chi connectivity index (χ4n) is 2.44. The van der Waals surface area contributed by atoms with Crippen molar-refractivity contribution in [3.63, 3.8) is 0 Å². The van der Waals surface area contributed by atoms with E-state index >= 15 is 0 Å². The molecular weight excluding hydrogens is 226 g/mol. The van der Waals surface area contributed by atoms with E-state index in [1.807, 2.05) is 18.8 Å². The van der Waals surface area contributed by atoms with Gasteiger partial charge in [-0.3, -0.25) is 4.68 Å². The molecule has 104 valence electrons. The zero-order valence-electron chi connectivity index (χ0n) is 12.5.